The summed E-state index contributed by atoms with van der Waals surface area (Å²) < 4.78 is 79.8. The molecule has 3 rings (SSSR count). The number of amides is 1. The monoisotopic (exact) mass is 454 g/mol. The molecule has 1 saturated carbocycles. The number of aromatic nitrogens is 3. The Kier molecular flexibility index (Phi) is 6.03. The Morgan fingerprint density at radius 3 is 2.50 bits per heavy atom. The summed E-state index contributed by atoms with van der Waals surface area (Å²) in [6, 6.07) is -0.252. The van der Waals surface area contributed by atoms with Crippen LogP contribution in [-0.2, 0) is 19.6 Å². The zero-order valence-corrected chi connectivity index (χ0v) is 16.6. The van der Waals surface area contributed by atoms with Gasteiger partial charge in [0.05, 0.1) is 16.3 Å². The van der Waals surface area contributed by atoms with Gasteiger partial charge in [0.25, 0.3) is 12.3 Å². The van der Waals surface area contributed by atoms with Gasteiger partial charge >= 0.3 is 6.18 Å². The number of carbonyl (C=O) groups is 1. The van der Waals surface area contributed by atoms with E-state index < -0.39 is 47.3 Å². The summed E-state index contributed by atoms with van der Waals surface area (Å²) in [6.07, 6.45) is -5.98. The highest BCUT2D eigenvalue weighted by Gasteiger charge is 2.40. The van der Waals surface area contributed by atoms with Crippen LogP contribution in [-0.4, -0.2) is 37.7 Å². The van der Waals surface area contributed by atoms with E-state index in [0.717, 1.165) is 13.1 Å². The Balaban J connectivity index is 1.89. The van der Waals surface area contributed by atoms with Crippen LogP contribution in [0.5, 0.6) is 0 Å². The van der Waals surface area contributed by atoms with Gasteiger partial charge in [0, 0.05) is 31.7 Å². The van der Waals surface area contributed by atoms with Gasteiger partial charge < -0.3 is 4.90 Å². The van der Waals surface area contributed by atoms with Crippen LogP contribution in [0.3, 0.4) is 0 Å². The maximum atomic E-state index is 14.4. The number of aryl methyl sites for hydroxylation is 1. The standard InChI is InChI=1S/C18H17ClF6N4O/c1-8(5-12-11(19)6-9(7-26-12)18(23,24)25)29(10-3-4-10)17(30)13-14(15(20)21)27-28(2)16(13)22/h6-8,10,15H,3-5H2,1-2H3. The van der Waals surface area contributed by atoms with Gasteiger partial charge in [-0.1, -0.05) is 11.6 Å². The molecule has 0 saturated heterocycles. The lowest BCUT2D eigenvalue weighted by Gasteiger charge is -2.29. The van der Waals surface area contributed by atoms with Gasteiger partial charge in [0.15, 0.2) is 0 Å². The van der Waals surface area contributed by atoms with E-state index in [9.17, 15) is 31.1 Å². The van der Waals surface area contributed by atoms with Crippen LogP contribution >= 0.6 is 11.6 Å². The first-order valence-corrected chi connectivity index (χ1v) is 9.34. The van der Waals surface area contributed by atoms with Crippen molar-refractivity contribution in [2.75, 3.05) is 0 Å². The number of alkyl halides is 5. The van der Waals surface area contributed by atoms with Gasteiger partial charge in [-0.15, -0.1) is 0 Å². The molecule has 2 aromatic heterocycles. The Morgan fingerprint density at radius 1 is 1.37 bits per heavy atom. The van der Waals surface area contributed by atoms with Crippen LogP contribution in [0.1, 0.15) is 53.5 Å². The molecule has 0 aromatic carbocycles. The zero-order chi connectivity index (χ0) is 22.4. The lowest BCUT2D eigenvalue weighted by atomic mass is 10.1. The number of hydrogen-bond acceptors (Lipinski definition) is 3. The summed E-state index contributed by atoms with van der Waals surface area (Å²) in [5.74, 6) is -2.13. The number of hydrogen-bond donors (Lipinski definition) is 0. The van der Waals surface area contributed by atoms with E-state index in [1.807, 2.05) is 0 Å². The predicted molar refractivity (Wildman–Crippen MR) is 94.7 cm³/mol. The highest BCUT2D eigenvalue weighted by atomic mass is 35.5. The van der Waals surface area contributed by atoms with Crippen molar-refractivity contribution < 1.29 is 31.1 Å². The topological polar surface area (TPSA) is 51.0 Å². The van der Waals surface area contributed by atoms with E-state index in [4.69, 9.17) is 11.6 Å². The summed E-state index contributed by atoms with van der Waals surface area (Å²) in [6.45, 7) is 1.57. The third kappa shape index (κ3) is 4.40. The van der Waals surface area contributed by atoms with E-state index in [1.54, 1.807) is 6.92 Å². The second-order valence-electron chi connectivity index (χ2n) is 7.12. The van der Waals surface area contributed by atoms with Crippen molar-refractivity contribution in [3.8, 4) is 0 Å². The van der Waals surface area contributed by atoms with Crippen LogP contribution in [0.15, 0.2) is 12.3 Å². The number of pyridine rings is 1. The molecule has 1 unspecified atom stereocenters. The highest BCUT2D eigenvalue weighted by Crippen LogP contribution is 2.35. The van der Waals surface area contributed by atoms with E-state index in [2.05, 4.69) is 10.1 Å². The maximum absolute atomic E-state index is 14.4. The molecule has 2 aromatic rings. The lowest BCUT2D eigenvalue weighted by molar-refractivity contribution is -0.137. The minimum absolute atomic E-state index is 0.0366. The minimum atomic E-state index is -4.61. The van der Waals surface area contributed by atoms with Crippen LogP contribution < -0.4 is 0 Å². The SMILES string of the molecule is CC(Cc1ncc(C(F)(F)F)cc1Cl)N(C(=O)c1c(C(F)F)nn(C)c1F)C1CC1. The fraction of sp³-hybridized carbons (Fsp3) is 0.500. The Morgan fingerprint density at radius 2 is 2.00 bits per heavy atom. The highest BCUT2D eigenvalue weighted by molar-refractivity contribution is 6.31. The van der Waals surface area contributed by atoms with Gasteiger partial charge in [-0.25, -0.2) is 13.5 Å². The average molecular weight is 455 g/mol. The van der Waals surface area contributed by atoms with Crippen molar-refractivity contribution in [1.29, 1.82) is 0 Å². The molecule has 2 heterocycles. The number of carbonyl (C=O) groups excluding carboxylic acids is 1. The van der Waals surface area contributed by atoms with Gasteiger partial charge in [0.1, 0.15) is 11.3 Å². The Labute approximate surface area is 172 Å². The Hall–Kier alpha value is -2.30. The van der Waals surface area contributed by atoms with Crippen molar-refractivity contribution in [2.45, 2.75) is 50.9 Å². The average Bonchev–Trinajstić information content (AvgIpc) is 3.41. The molecule has 0 N–H and O–H groups in total. The molecular formula is C18H17ClF6N4O. The van der Waals surface area contributed by atoms with Crippen LogP contribution in [0.25, 0.3) is 0 Å². The van der Waals surface area contributed by atoms with Gasteiger partial charge in [0.2, 0.25) is 5.95 Å². The first-order chi connectivity index (χ1) is 13.9. The predicted octanol–water partition coefficient (Wildman–Crippen LogP) is 4.80. The molecule has 1 amide bonds. The van der Waals surface area contributed by atoms with Crippen molar-refractivity contribution in [3.63, 3.8) is 0 Å². The summed E-state index contributed by atoms with van der Waals surface area (Å²) >= 11 is 5.93. The van der Waals surface area contributed by atoms with Gasteiger partial charge in [-0.3, -0.25) is 9.78 Å². The fourth-order valence-corrected chi connectivity index (χ4v) is 3.47. The molecule has 1 fully saturated rings. The fourth-order valence-electron chi connectivity index (χ4n) is 3.23. The summed E-state index contributed by atoms with van der Waals surface area (Å²) in [5, 5.41) is 3.15. The number of rotatable bonds is 6. The normalized spacial score (nSPS) is 15.5. The van der Waals surface area contributed by atoms with Crippen LogP contribution in [0, 0.1) is 5.95 Å². The molecule has 0 aliphatic heterocycles. The van der Waals surface area contributed by atoms with Crippen molar-refractivity contribution in [1.82, 2.24) is 19.7 Å². The second kappa shape index (κ2) is 8.09. The molecule has 1 aliphatic rings. The lowest BCUT2D eigenvalue weighted by Crippen LogP contribution is -2.42. The summed E-state index contributed by atoms with van der Waals surface area (Å²) in [4.78, 5) is 18.0. The minimum Gasteiger partial charge on any atom is -0.332 e. The third-order valence-corrected chi connectivity index (χ3v) is 5.14. The molecular weight excluding hydrogens is 438 g/mol. The maximum Gasteiger partial charge on any atom is 0.417 e. The summed E-state index contributed by atoms with van der Waals surface area (Å²) in [5.41, 5.74) is -2.67. The van der Waals surface area contributed by atoms with Crippen LogP contribution in [0.4, 0.5) is 26.3 Å². The molecule has 1 aliphatic carbocycles. The largest absolute Gasteiger partial charge is 0.417 e. The van der Waals surface area contributed by atoms with E-state index in [-0.39, 0.29) is 23.2 Å². The first kappa shape index (κ1) is 22.4. The van der Waals surface area contributed by atoms with E-state index in [1.165, 1.54) is 4.90 Å². The first-order valence-electron chi connectivity index (χ1n) is 8.96. The Bertz CT molecular complexity index is 957. The number of halogens is 7. The molecule has 0 spiro atoms. The van der Waals surface area contributed by atoms with E-state index in [0.29, 0.717) is 23.7 Å². The zero-order valence-electron chi connectivity index (χ0n) is 15.9. The van der Waals surface area contributed by atoms with Gasteiger partial charge in [-0.05, 0) is 25.8 Å². The van der Waals surface area contributed by atoms with Crippen molar-refractivity contribution in [2.24, 2.45) is 7.05 Å². The molecule has 30 heavy (non-hydrogen) atoms. The molecule has 1 atom stereocenters. The second-order valence-corrected chi connectivity index (χ2v) is 7.53. The summed E-state index contributed by atoms with van der Waals surface area (Å²) in [7, 11) is 1.11. The number of nitrogens with zero attached hydrogens (tertiary/aromatic N) is 4. The third-order valence-electron chi connectivity index (χ3n) is 4.81. The van der Waals surface area contributed by atoms with Crippen molar-refractivity contribution in [3.05, 3.63) is 45.7 Å². The molecule has 164 valence electrons. The van der Waals surface area contributed by atoms with Crippen molar-refractivity contribution >= 4 is 17.5 Å². The molecule has 12 heteroatoms. The van der Waals surface area contributed by atoms with Crippen LogP contribution in [0.2, 0.25) is 5.02 Å². The molecule has 5 nitrogen and oxygen atoms in total. The molecule has 0 bridgehead atoms. The van der Waals surface area contributed by atoms with E-state index >= 15 is 0 Å². The smallest absolute Gasteiger partial charge is 0.332 e. The van der Waals surface area contributed by atoms with Gasteiger partial charge in [-0.2, -0.15) is 22.7 Å². The molecule has 0 radical (unpaired) electrons. The quantitative estimate of drug-likeness (QED) is 0.589.